The normalized spacial score (nSPS) is 20.8. The molecule has 2 atom stereocenters. The Bertz CT molecular complexity index is 344. The molecule has 18 heavy (non-hydrogen) atoms. The summed E-state index contributed by atoms with van der Waals surface area (Å²) in [5.74, 6) is -0.616. The van der Waals surface area contributed by atoms with E-state index in [1.807, 2.05) is 6.08 Å². The molecule has 0 fully saturated rings. The molecular weight excluding hydrogens is 232 g/mol. The molecule has 4 nitrogen and oxygen atoms in total. The third kappa shape index (κ3) is 5.66. The van der Waals surface area contributed by atoms with Crippen molar-refractivity contribution in [1.82, 2.24) is 0 Å². The van der Waals surface area contributed by atoms with Crippen LogP contribution in [-0.4, -0.2) is 24.1 Å². The molecule has 0 N–H and O–H groups in total. The van der Waals surface area contributed by atoms with Crippen molar-refractivity contribution in [2.75, 3.05) is 0 Å². The van der Waals surface area contributed by atoms with Crippen molar-refractivity contribution in [2.45, 2.75) is 51.7 Å². The van der Waals surface area contributed by atoms with Gasteiger partial charge in [-0.15, -0.1) is 0 Å². The highest BCUT2D eigenvalue weighted by molar-refractivity contribution is 5.82. The van der Waals surface area contributed by atoms with E-state index < -0.39 is 0 Å². The quantitative estimate of drug-likeness (QED) is 0.538. The molecule has 0 radical (unpaired) electrons. The van der Waals surface area contributed by atoms with Gasteiger partial charge in [0.2, 0.25) is 0 Å². The third-order valence-corrected chi connectivity index (χ3v) is 2.59. The molecular formula is C14H20O4. The zero-order valence-electron chi connectivity index (χ0n) is 10.9. The van der Waals surface area contributed by atoms with Crippen LogP contribution >= 0.6 is 0 Å². The second-order valence-electron chi connectivity index (χ2n) is 4.29. The first-order valence-electron chi connectivity index (χ1n) is 6.34. The van der Waals surface area contributed by atoms with E-state index in [-0.39, 0.29) is 24.1 Å². The van der Waals surface area contributed by atoms with Crippen LogP contribution in [-0.2, 0) is 19.1 Å². The fourth-order valence-electron chi connectivity index (χ4n) is 1.71. The summed E-state index contributed by atoms with van der Waals surface area (Å²) in [5.41, 5.74) is 0. The third-order valence-electron chi connectivity index (χ3n) is 2.59. The van der Waals surface area contributed by atoms with Crippen LogP contribution in [0.3, 0.4) is 0 Å². The molecule has 100 valence electrons. The van der Waals surface area contributed by atoms with Gasteiger partial charge in [0.15, 0.2) is 0 Å². The Morgan fingerprint density at radius 2 is 2.44 bits per heavy atom. The summed E-state index contributed by atoms with van der Waals surface area (Å²) in [7, 11) is 0. The average molecular weight is 252 g/mol. The molecule has 0 amide bonds. The predicted octanol–water partition coefficient (Wildman–Crippen LogP) is 2.54. The summed E-state index contributed by atoms with van der Waals surface area (Å²) in [6.07, 6.45) is 9.84. The number of cyclic esters (lactones) is 1. The highest BCUT2D eigenvalue weighted by Crippen LogP contribution is 2.12. The summed E-state index contributed by atoms with van der Waals surface area (Å²) in [5, 5.41) is 0. The van der Waals surface area contributed by atoms with Crippen molar-refractivity contribution < 1.29 is 19.1 Å². The summed E-state index contributed by atoms with van der Waals surface area (Å²) < 4.78 is 10.3. The minimum Gasteiger partial charge on any atom is -0.458 e. The van der Waals surface area contributed by atoms with Gasteiger partial charge < -0.3 is 9.47 Å². The van der Waals surface area contributed by atoms with Gasteiger partial charge in [0.25, 0.3) is 0 Å². The highest BCUT2D eigenvalue weighted by Gasteiger charge is 2.14. The van der Waals surface area contributed by atoms with Crippen LogP contribution in [0.1, 0.15) is 39.5 Å². The summed E-state index contributed by atoms with van der Waals surface area (Å²) in [6.45, 7) is 3.48. The van der Waals surface area contributed by atoms with E-state index in [4.69, 9.17) is 9.47 Å². The van der Waals surface area contributed by atoms with Crippen molar-refractivity contribution in [2.24, 2.45) is 0 Å². The Morgan fingerprint density at radius 3 is 3.06 bits per heavy atom. The molecule has 0 aromatic carbocycles. The van der Waals surface area contributed by atoms with Gasteiger partial charge >= 0.3 is 11.9 Å². The molecule has 1 aliphatic heterocycles. The minimum absolute atomic E-state index is 0.230. The largest absolute Gasteiger partial charge is 0.458 e. The molecule has 0 saturated carbocycles. The Kier molecular flexibility index (Phi) is 6.19. The SMILES string of the molecule is CCCC[C@@H](/C=C\[C@H]1CC=CC(=O)O1)OC(C)=O. The lowest BCUT2D eigenvalue weighted by Gasteiger charge is -2.17. The van der Waals surface area contributed by atoms with Gasteiger partial charge in [-0.1, -0.05) is 19.4 Å². The first kappa shape index (κ1) is 14.5. The second kappa shape index (κ2) is 7.69. The van der Waals surface area contributed by atoms with Crippen molar-refractivity contribution in [3.8, 4) is 0 Å². The number of esters is 2. The molecule has 1 rings (SSSR count). The maximum Gasteiger partial charge on any atom is 0.331 e. The Balaban J connectivity index is 2.50. The van der Waals surface area contributed by atoms with Crippen LogP contribution in [0.4, 0.5) is 0 Å². The van der Waals surface area contributed by atoms with Crippen molar-refractivity contribution in [1.29, 1.82) is 0 Å². The average Bonchev–Trinajstić information content (AvgIpc) is 2.32. The number of rotatable bonds is 6. The standard InChI is InChI=1S/C14H20O4/c1-3-4-6-12(17-11(2)15)9-10-13-7-5-8-14(16)18-13/h5,8-10,12-13H,3-4,6-7H2,1-2H3/b10-9-/t12-,13+/m0/s1. The first-order chi connectivity index (χ1) is 8.61. The second-order valence-corrected chi connectivity index (χ2v) is 4.29. The Hall–Kier alpha value is -1.58. The summed E-state index contributed by atoms with van der Waals surface area (Å²) in [6, 6.07) is 0. The smallest absolute Gasteiger partial charge is 0.331 e. The lowest BCUT2D eigenvalue weighted by atomic mass is 10.1. The summed E-state index contributed by atoms with van der Waals surface area (Å²) in [4.78, 5) is 22.0. The van der Waals surface area contributed by atoms with E-state index in [1.165, 1.54) is 13.0 Å². The van der Waals surface area contributed by atoms with Gasteiger partial charge in [-0.2, -0.15) is 0 Å². The minimum atomic E-state index is -0.325. The molecule has 0 saturated heterocycles. The van der Waals surface area contributed by atoms with Crippen LogP contribution in [0.2, 0.25) is 0 Å². The van der Waals surface area contributed by atoms with Gasteiger partial charge in [0, 0.05) is 19.4 Å². The molecule has 0 bridgehead atoms. The molecule has 0 unspecified atom stereocenters. The monoisotopic (exact) mass is 252 g/mol. The number of unbranched alkanes of at least 4 members (excludes halogenated alkanes) is 1. The van der Waals surface area contributed by atoms with E-state index in [0.29, 0.717) is 6.42 Å². The Morgan fingerprint density at radius 1 is 1.67 bits per heavy atom. The fraction of sp³-hybridized carbons (Fsp3) is 0.571. The molecule has 0 spiro atoms. The van der Waals surface area contributed by atoms with Crippen LogP contribution < -0.4 is 0 Å². The van der Waals surface area contributed by atoms with E-state index in [0.717, 1.165) is 19.3 Å². The Labute approximate surface area is 108 Å². The number of hydrogen-bond donors (Lipinski definition) is 0. The fourth-order valence-corrected chi connectivity index (χ4v) is 1.71. The number of carbonyl (C=O) groups is 2. The van der Waals surface area contributed by atoms with Crippen LogP contribution in [0, 0.1) is 0 Å². The zero-order chi connectivity index (χ0) is 13.4. The number of carbonyl (C=O) groups excluding carboxylic acids is 2. The maximum atomic E-state index is 11.0. The van der Waals surface area contributed by atoms with E-state index in [2.05, 4.69) is 6.92 Å². The van der Waals surface area contributed by atoms with Crippen molar-refractivity contribution in [3.63, 3.8) is 0 Å². The van der Waals surface area contributed by atoms with Crippen molar-refractivity contribution >= 4 is 11.9 Å². The lowest BCUT2D eigenvalue weighted by molar-refractivity contribution is -0.145. The lowest BCUT2D eigenvalue weighted by Crippen LogP contribution is -2.19. The molecule has 1 heterocycles. The van der Waals surface area contributed by atoms with Gasteiger partial charge in [0.1, 0.15) is 12.2 Å². The van der Waals surface area contributed by atoms with E-state index in [1.54, 1.807) is 12.2 Å². The number of ether oxygens (including phenoxy) is 2. The maximum absolute atomic E-state index is 11.0. The topological polar surface area (TPSA) is 52.6 Å². The van der Waals surface area contributed by atoms with Gasteiger partial charge in [-0.05, 0) is 25.0 Å². The number of hydrogen-bond acceptors (Lipinski definition) is 4. The molecule has 1 aliphatic rings. The van der Waals surface area contributed by atoms with Crippen LogP contribution in [0.15, 0.2) is 24.3 Å². The van der Waals surface area contributed by atoms with E-state index >= 15 is 0 Å². The van der Waals surface area contributed by atoms with Crippen LogP contribution in [0.25, 0.3) is 0 Å². The van der Waals surface area contributed by atoms with Crippen molar-refractivity contribution in [3.05, 3.63) is 24.3 Å². The zero-order valence-corrected chi connectivity index (χ0v) is 10.9. The van der Waals surface area contributed by atoms with E-state index in [9.17, 15) is 9.59 Å². The van der Waals surface area contributed by atoms with Crippen LogP contribution in [0.5, 0.6) is 0 Å². The van der Waals surface area contributed by atoms with Gasteiger partial charge in [0.05, 0.1) is 0 Å². The molecule has 0 aromatic heterocycles. The molecule has 4 heteroatoms. The first-order valence-corrected chi connectivity index (χ1v) is 6.34. The highest BCUT2D eigenvalue weighted by atomic mass is 16.5. The molecule has 0 aromatic rings. The predicted molar refractivity (Wildman–Crippen MR) is 67.9 cm³/mol. The molecule has 0 aliphatic carbocycles. The van der Waals surface area contributed by atoms with Gasteiger partial charge in [-0.25, -0.2) is 4.79 Å². The van der Waals surface area contributed by atoms with Gasteiger partial charge in [-0.3, -0.25) is 4.79 Å². The summed E-state index contributed by atoms with van der Waals surface area (Å²) >= 11 is 0.